The van der Waals surface area contributed by atoms with Crippen LogP contribution in [0.1, 0.15) is 46.9 Å². The molecule has 0 fully saturated rings. The number of carbonyl (C=O) groups is 1. The quantitative estimate of drug-likeness (QED) is 0.726. The van der Waals surface area contributed by atoms with Crippen LogP contribution in [0.25, 0.3) is 11.0 Å². The number of aromatic nitrogens is 3. The molecule has 0 atom stereocenters. The SMILES string of the molecule is Cc1ccc(CN(C)C(=O)c2cnc3c(cnn3C(C)C)c2)c(C)c1. The van der Waals surface area contributed by atoms with Gasteiger partial charge in [-0.1, -0.05) is 23.8 Å². The van der Waals surface area contributed by atoms with Crippen molar-refractivity contribution in [2.45, 2.75) is 40.3 Å². The molecule has 5 nitrogen and oxygen atoms in total. The minimum atomic E-state index is -0.0355. The van der Waals surface area contributed by atoms with Crippen LogP contribution in [0.5, 0.6) is 0 Å². The molecule has 0 aliphatic heterocycles. The number of carbonyl (C=O) groups excluding carboxylic acids is 1. The molecule has 130 valence electrons. The first-order valence-electron chi connectivity index (χ1n) is 8.51. The van der Waals surface area contributed by atoms with Crippen molar-refractivity contribution in [1.29, 1.82) is 0 Å². The Kier molecular flexibility index (Phi) is 4.57. The number of hydrogen-bond acceptors (Lipinski definition) is 3. The third-order valence-corrected chi connectivity index (χ3v) is 4.42. The van der Waals surface area contributed by atoms with Gasteiger partial charge in [-0.15, -0.1) is 0 Å². The van der Waals surface area contributed by atoms with Crippen molar-refractivity contribution < 1.29 is 4.79 Å². The van der Waals surface area contributed by atoms with E-state index in [1.54, 1.807) is 17.3 Å². The number of amides is 1. The van der Waals surface area contributed by atoms with Crippen LogP contribution in [0.15, 0.2) is 36.7 Å². The lowest BCUT2D eigenvalue weighted by Gasteiger charge is -2.19. The number of benzene rings is 1. The van der Waals surface area contributed by atoms with Crippen LogP contribution < -0.4 is 0 Å². The minimum absolute atomic E-state index is 0.0355. The third-order valence-electron chi connectivity index (χ3n) is 4.42. The van der Waals surface area contributed by atoms with E-state index in [2.05, 4.69) is 56.0 Å². The van der Waals surface area contributed by atoms with Crippen LogP contribution in [-0.2, 0) is 6.54 Å². The number of nitrogens with zero attached hydrogens (tertiary/aromatic N) is 4. The molecule has 0 aliphatic carbocycles. The maximum atomic E-state index is 12.8. The van der Waals surface area contributed by atoms with Gasteiger partial charge >= 0.3 is 0 Å². The molecular weight excluding hydrogens is 312 g/mol. The molecule has 0 bridgehead atoms. The smallest absolute Gasteiger partial charge is 0.255 e. The lowest BCUT2D eigenvalue weighted by molar-refractivity contribution is 0.0784. The second-order valence-electron chi connectivity index (χ2n) is 6.91. The highest BCUT2D eigenvalue weighted by Gasteiger charge is 2.16. The molecule has 0 N–H and O–H groups in total. The van der Waals surface area contributed by atoms with E-state index in [-0.39, 0.29) is 11.9 Å². The van der Waals surface area contributed by atoms with Gasteiger partial charge in [-0.2, -0.15) is 5.10 Å². The van der Waals surface area contributed by atoms with E-state index >= 15 is 0 Å². The molecule has 2 aromatic heterocycles. The summed E-state index contributed by atoms with van der Waals surface area (Å²) in [6.45, 7) is 8.85. The zero-order valence-electron chi connectivity index (χ0n) is 15.4. The Hall–Kier alpha value is -2.69. The van der Waals surface area contributed by atoms with Gasteiger partial charge in [0, 0.05) is 31.2 Å². The van der Waals surface area contributed by atoms with E-state index in [9.17, 15) is 4.79 Å². The largest absolute Gasteiger partial charge is 0.337 e. The molecule has 0 radical (unpaired) electrons. The van der Waals surface area contributed by atoms with Crippen molar-refractivity contribution in [1.82, 2.24) is 19.7 Å². The van der Waals surface area contributed by atoms with Crippen molar-refractivity contribution in [3.05, 3.63) is 58.9 Å². The number of aryl methyl sites for hydroxylation is 2. The van der Waals surface area contributed by atoms with Gasteiger partial charge in [-0.05, 0) is 44.9 Å². The summed E-state index contributed by atoms with van der Waals surface area (Å²) in [5, 5.41) is 5.25. The van der Waals surface area contributed by atoms with Crippen molar-refractivity contribution in [2.24, 2.45) is 0 Å². The van der Waals surface area contributed by atoms with Crippen molar-refractivity contribution in [3.8, 4) is 0 Å². The van der Waals surface area contributed by atoms with Crippen LogP contribution in [0.3, 0.4) is 0 Å². The first-order valence-corrected chi connectivity index (χ1v) is 8.51. The summed E-state index contributed by atoms with van der Waals surface area (Å²) in [6.07, 6.45) is 3.41. The lowest BCUT2D eigenvalue weighted by atomic mass is 10.1. The summed E-state index contributed by atoms with van der Waals surface area (Å²) in [5.41, 5.74) is 4.98. The molecule has 0 aliphatic rings. The van der Waals surface area contributed by atoms with E-state index in [1.807, 2.05) is 17.8 Å². The number of pyridine rings is 1. The summed E-state index contributed by atoms with van der Waals surface area (Å²) < 4.78 is 1.86. The van der Waals surface area contributed by atoms with Gasteiger partial charge in [0.15, 0.2) is 5.65 Å². The highest BCUT2D eigenvalue weighted by Crippen LogP contribution is 2.18. The summed E-state index contributed by atoms with van der Waals surface area (Å²) in [6, 6.07) is 8.41. The standard InChI is InChI=1S/C20H24N4O/c1-13(2)24-19-17(11-22-24)9-18(10-21-19)20(25)23(5)12-16-7-6-14(3)8-15(16)4/h6-11,13H,12H2,1-5H3. The van der Waals surface area contributed by atoms with Gasteiger partial charge in [-0.25, -0.2) is 9.67 Å². The predicted octanol–water partition coefficient (Wildman–Crippen LogP) is 3.90. The number of rotatable bonds is 4. The van der Waals surface area contributed by atoms with Crippen LogP contribution in [0.2, 0.25) is 0 Å². The third kappa shape index (κ3) is 3.40. The first-order chi connectivity index (χ1) is 11.9. The van der Waals surface area contributed by atoms with Crippen LogP contribution in [-0.4, -0.2) is 32.6 Å². The van der Waals surface area contributed by atoms with E-state index in [1.165, 1.54) is 11.1 Å². The highest BCUT2D eigenvalue weighted by atomic mass is 16.2. The maximum absolute atomic E-state index is 12.8. The summed E-state index contributed by atoms with van der Waals surface area (Å²) in [4.78, 5) is 19.0. The zero-order valence-corrected chi connectivity index (χ0v) is 15.4. The summed E-state index contributed by atoms with van der Waals surface area (Å²) >= 11 is 0. The lowest BCUT2D eigenvalue weighted by Crippen LogP contribution is -2.26. The van der Waals surface area contributed by atoms with Gasteiger partial charge in [-0.3, -0.25) is 4.79 Å². The number of fused-ring (bicyclic) bond motifs is 1. The van der Waals surface area contributed by atoms with Gasteiger partial charge in [0.05, 0.1) is 11.8 Å². The van der Waals surface area contributed by atoms with E-state index in [4.69, 9.17) is 0 Å². The van der Waals surface area contributed by atoms with Crippen molar-refractivity contribution in [2.75, 3.05) is 7.05 Å². The highest BCUT2D eigenvalue weighted by molar-refractivity contribution is 5.96. The molecule has 0 saturated heterocycles. The molecule has 0 spiro atoms. The van der Waals surface area contributed by atoms with E-state index in [0.29, 0.717) is 12.1 Å². The fourth-order valence-corrected chi connectivity index (χ4v) is 3.01. The first kappa shape index (κ1) is 17.1. The molecule has 5 heteroatoms. The molecule has 25 heavy (non-hydrogen) atoms. The Bertz CT molecular complexity index is 927. The van der Waals surface area contributed by atoms with Gasteiger partial charge in [0.2, 0.25) is 0 Å². The van der Waals surface area contributed by atoms with Crippen LogP contribution in [0, 0.1) is 13.8 Å². The topological polar surface area (TPSA) is 51.0 Å². The normalized spacial score (nSPS) is 11.3. The molecule has 3 rings (SSSR count). The average molecular weight is 336 g/mol. The van der Waals surface area contributed by atoms with Crippen LogP contribution in [0.4, 0.5) is 0 Å². The minimum Gasteiger partial charge on any atom is -0.337 e. The zero-order chi connectivity index (χ0) is 18.1. The molecule has 0 saturated carbocycles. The van der Waals surface area contributed by atoms with Crippen molar-refractivity contribution >= 4 is 16.9 Å². The fourth-order valence-electron chi connectivity index (χ4n) is 3.01. The average Bonchev–Trinajstić information content (AvgIpc) is 3.00. The van der Waals surface area contributed by atoms with E-state index < -0.39 is 0 Å². The second kappa shape index (κ2) is 6.67. The Balaban J connectivity index is 1.83. The predicted molar refractivity (Wildman–Crippen MR) is 99.6 cm³/mol. The van der Waals surface area contributed by atoms with Gasteiger partial charge < -0.3 is 4.90 Å². The van der Waals surface area contributed by atoms with E-state index in [0.717, 1.165) is 16.6 Å². The molecule has 1 amide bonds. The van der Waals surface area contributed by atoms with Gasteiger partial charge in [0.25, 0.3) is 5.91 Å². The van der Waals surface area contributed by atoms with Crippen LogP contribution >= 0.6 is 0 Å². The Morgan fingerprint density at radius 3 is 2.64 bits per heavy atom. The molecular formula is C20H24N4O. The molecule has 3 aromatic rings. The fraction of sp³-hybridized carbons (Fsp3) is 0.350. The Labute approximate surface area is 148 Å². The maximum Gasteiger partial charge on any atom is 0.255 e. The second-order valence-corrected chi connectivity index (χ2v) is 6.91. The Morgan fingerprint density at radius 1 is 1.20 bits per heavy atom. The molecule has 1 aromatic carbocycles. The monoisotopic (exact) mass is 336 g/mol. The van der Waals surface area contributed by atoms with Gasteiger partial charge in [0.1, 0.15) is 0 Å². The Morgan fingerprint density at radius 2 is 1.96 bits per heavy atom. The molecule has 2 heterocycles. The summed E-state index contributed by atoms with van der Waals surface area (Å²) in [7, 11) is 1.82. The summed E-state index contributed by atoms with van der Waals surface area (Å²) in [5.74, 6) is -0.0355. The molecule has 0 unspecified atom stereocenters. The van der Waals surface area contributed by atoms with Crippen molar-refractivity contribution in [3.63, 3.8) is 0 Å². The number of hydrogen-bond donors (Lipinski definition) is 0.